The number of methoxy groups -OCH3 is 1. The van der Waals surface area contributed by atoms with Gasteiger partial charge in [0.15, 0.2) is 0 Å². The van der Waals surface area contributed by atoms with E-state index in [0.717, 1.165) is 11.1 Å². The van der Waals surface area contributed by atoms with Crippen LogP contribution in [0.4, 0.5) is 0 Å². The molecule has 0 radical (unpaired) electrons. The van der Waals surface area contributed by atoms with Crippen LogP contribution in [-0.2, 0) is 26.6 Å². The average Bonchev–Trinajstić information content (AvgIpc) is 2.68. The number of hydrogen-bond acceptors (Lipinski definition) is 3. The van der Waals surface area contributed by atoms with Crippen LogP contribution >= 0.6 is 0 Å². The SMILES string of the molecule is COCc1ccccc1C1(C)OC=CO1. The Hall–Kier alpha value is -1.48. The van der Waals surface area contributed by atoms with Crippen molar-refractivity contribution in [1.29, 1.82) is 0 Å². The molecule has 0 amide bonds. The zero-order valence-corrected chi connectivity index (χ0v) is 8.90. The third kappa shape index (κ3) is 1.83. The molecule has 3 heteroatoms. The van der Waals surface area contributed by atoms with Crippen LogP contribution in [0.3, 0.4) is 0 Å². The summed E-state index contributed by atoms with van der Waals surface area (Å²) in [5.74, 6) is -0.713. The highest BCUT2D eigenvalue weighted by Crippen LogP contribution is 2.33. The largest absolute Gasteiger partial charge is 0.453 e. The maximum atomic E-state index is 5.46. The standard InChI is InChI=1S/C12H14O3/c1-12(14-7-8-15-12)11-6-4-3-5-10(11)9-13-2/h3-8H,9H2,1-2H3. The molecule has 1 aromatic rings. The van der Waals surface area contributed by atoms with E-state index < -0.39 is 5.79 Å². The summed E-state index contributed by atoms with van der Waals surface area (Å²) in [4.78, 5) is 0. The van der Waals surface area contributed by atoms with Gasteiger partial charge in [-0.3, -0.25) is 0 Å². The first-order chi connectivity index (χ1) is 7.26. The van der Waals surface area contributed by atoms with Crippen LogP contribution in [0.15, 0.2) is 36.8 Å². The van der Waals surface area contributed by atoms with Gasteiger partial charge in [0.05, 0.1) is 6.61 Å². The van der Waals surface area contributed by atoms with Crippen molar-refractivity contribution in [3.05, 3.63) is 47.9 Å². The maximum Gasteiger partial charge on any atom is 0.274 e. The van der Waals surface area contributed by atoms with Gasteiger partial charge in [-0.2, -0.15) is 0 Å². The number of ether oxygens (including phenoxy) is 3. The Bertz CT molecular complexity index is 363. The lowest BCUT2D eigenvalue weighted by molar-refractivity contribution is -0.134. The molecule has 1 aliphatic heterocycles. The summed E-state index contributed by atoms with van der Waals surface area (Å²) in [5.41, 5.74) is 2.07. The van der Waals surface area contributed by atoms with Crippen LogP contribution in [0.25, 0.3) is 0 Å². The molecule has 15 heavy (non-hydrogen) atoms. The van der Waals surface area contributed by atoms with Crippen molar-refractivity contribution in [2.75, 3.05) is 7.11 Å². The van der Waals surface area contributed by atoms with E-state index >= 15 is 0 Å². The van der Waals surface area contributed by atoms with Gasteiger partial charge < -0.3 is 14.2 Å². The van der Waals surface area contributed by atoms with Gasteiger partial charge in [-0.25, -0.2) is 0 Å². The molecule has 80 valence electrons. The van der Waals surface area contributed by atoms with Crippen molar-refractivity contribution < 1.29 is 14.2 Å². The molecule has 0 aliphatic carbocycles. The van der Waals surface area contributed by atoms with E-state index in [1.807, 2.05) is 31.2 Å². The summed E-state index contributed by atoms with van der Waals surface area (Å²) in [6, 6.07) is 7.94. The van der Waals surface area contributed by atoms with Gasteiger partial charge in [-0.15, -0.1) is 0 Å². The van der Waals surface area contributed by atoms with Crippen molar-refractivity contribution in [2.24, 2.45) is 0 Å². The van der Waals surface area contributed by atoms with E-state index in [9.17, 15) is 0 Å². The number of hydrogen-bond donors (Lipinski definition) is 0. The molecule has 0 fully saturated rings. The van der Waals surface area contributed by atoms with Crippen LogP contribution in [0, 0.1) is 0 Å². The van der Waals surface area contributed by atoms with E-state index in [2.05, 4.69) is 0 Å². The Balaban J connectivity index is 2.34. The highest BCUT2D eigenvalue weighted by molar-refractivity contribution is 5.31. The quantitative estimate of drug-likeness (QED) is 0.760. The zero-order chi connectivity index (χ0) is 10.7. The van der Waals surface area contributed by atoms with Gasteiger partial charge in [0.2, 0.25) is 0 Å². The zero-order valence-electron chi connectivity index (χ0n) is 8.90. The number of benzene rings is 1. The second kappa shape index (κ2) is 3.95. The van der Waals surface area contributed by atoms with E-state index in [1.54, 1.807) is 19.6 Å². The fourth-order valence-electron chi connectivity index (χ4n) is 1.71. The fraction of sp³-hybridized carbons (Fsp3) is 0.333. The minimum Gasteiger partial charge on any atom is -0.453 e. The number of rotatable bonds is 3. The van der Waals surface area contributed by atoms with Gasteiger partial charge >= 0.3 is 0 Å². The Morgan fingerprint density at radius 2 is 1.87 bits per heavy atom. The molecular weight excluding hydrogens is 192 g/mol. The molecule has 0 atom stereocenters. The summed E-state index contributed by atoms with van der Waals surface area (Å²) in [7, 11) is 1.67. The van der Waals surface area contributed by atoms with E-state index in [-0.39, 0.29) is 0 Å². The van der Waals surface area contributed by atoms with Crippen LogP contribution in [0.5, 0.6) is 0 Å². The smallest absolute Gasteiger partial charge is 0.274 e. The molecule has 0 spiro atoms. The predicted octanol–water partition coefficient (Wildman–Crippen LogP) is 2.52. The second-order valence-electron chi connectivity index (χ2n) is 3.54. The molecule has 1 aliphatic rings. The van der Waals surface area contributed by atoms with E-state index in [0.29, 0.717) is 6.61 Å². The molecule has 0 N–H and O–H groups in total. The topological polar surface area (TPSA) is 27.7 Å². The molecule has 0 saturated carbocycles. The molecule has 1 heterocycles. The molecular formula is C12H14O3. The Labute approximate surface area is 89.3 Å². The lowest BCUT2D eigenvalue weighted by atomic mass is 10.0. The summed E-state index contributed by atoms with van der Waals surface area (Å²) < 4.78 is 16.1. The molecule has 3 nitrogen and oxygen atoms in total. The second-order valence-corrected chi connectivity index (χ2v) is 3.54. The minimum absolute atomic E-state index is 0.554. The van der Waals surface area contributed by atoms with Crippen molar-refractivity contribution in [2.45, 2.75) is 19.3 Å². The van der Waals surface area contributed by atoms with Gasteiger partial charge in [0, 0.05) is 19.6 Å². The van der Waals surface area contributed by atoms with Crippen LogP contribution in [-0.4, -0.2) is 7.11 Å². The fourth-order valence-corrected chi connectivity index (χ4v) is 1.71. The normalized spacial score (nSPS) is 17.2. The van der Waals surface area contributed by atoms with E-state index in [4.69, 9.17) is 14.2 Å². The van der Waals surface area contributed by atoms with Gasteiger partial charge in [-0.05, 0) is 5.56 Å². The first-order valence-electron chi connectivity index (χ1n) is 4.84. The Morgan fingerprint density at radius 3 is 2.53 bits per heavy atom. The first-order valence-corrected chi connectivity index (χ1v) is 4.84. The third-order valence-electron chi connectivity index (χ3n) is 2.45. The summed E-state index contributed by atoms with van der Waals surface area (Å²) in [5, 5.41) is 0. The lowest BCUT2D eigenvalue weighted by Gasteiger charge is -2.25. The summed E-state index contributed by atoms with van der Waals surface area (Å²) >= 11 is 0. The van der Waals surface area contributed by atoms with Gasteiger partial charge in [0.1, 0.15) is 12.5 Å². The van der Waals surface area contributed by atoms with Gasteiger partial charge in [0.25, 0.3) is 5.79 Å². The van der Waals surface area contributed by atoms with Crippen molar-refractivity contribution in [3.63, 3.8) is 0 Å². The Morgan fingerprint density at radius 1 is 1.20 bits per heavy atom. The summed E-state index contributed by atoms with van der Waals surface area (Å²) in [6.45, 7) is 2.44. The molecule has 0 saturated heterocycles. The maximum absolute atomic E-state index is 5.46. The third-order valence-corrected chi connectivity index (χ3v) is 2.45. The van der Waals surface area contributed by atoms with Crippen LogP contribution < -0.4 is 0 Å². The molecule has 2 rings (SSSR count). The molecule has 0 bridgehead atoms. The average molecular weight is 206 g/mol. The summed E-state index contributed by atoms with van der Waals surface area (Å²) in [6.07, 6.45) is 3.12. The predicted molar refractivity (Wildman–Crippen MR) is 55.8 cm³/mol. The minimum atomic E-state index is -0.713. The van der Waals surface area contributed by atoms with E-state index in [1.165, 1.54) is 0 Å². The highest BCUT2D eigenvalue weighted by Gasteiger charge is 2.33. The molecule has 0 aromatic heterocycles. The first kappa shape index (κ1) is 10.1. The van der Waals surface area contributed by atoms with Crippen molar-refractivity contribution in [3.8, 4) is 0 Å². The van der Waals surface area contributed by atoms with Crippen molar-refractivity contribution in [1.82, 2.24) is 0 Å². The van der Waals surface area contributed by atoms with Crippen molar-refractivity contribution >= 4 is 0 Å². The highest BCUT2D eigenvalue weighted by atomic mass is 16.7. The monoisotopic (exact) mass is 206 g/mol. The van der Waals surface area contributed by atoms with Crippen LogP contribution in [0.2, 0.25) is 0 Å². The Kier molecular flexibility index (Phi) is 2.64. The van der Waals surface area contributed by atoms with Gasteiger partial charge in [-0.1, -0.05) is 24.3 Å². The van der Waals surface area contributed by atoms with Crippen LogP contribution in [0.1, 0.15) is 18.1 Å². The lowest BCUT2D eigenvalue weighted by Crippen LogP contribution is -2.24. The molecule has 1 aromatic carbocycles. The molecule has 0 unspecified atom stereocenters.